The van der Waals surface area contributed by atoms with Crippen LogP contribution in [0.4, 0.5) is 0 Å². The molecule has 0 saturated heterocycles. The highest BCUT2D eigenvalue weighted by atomic mass is 16.7. The molecule has 16 heavy (non-hydrogen) atoms. The van der Waals surface area contributed by atoms with Crippen LogP contribution in [0.2, 0.25) is 0 Å². The second-order valence-corrected chi connectivity index (χ2v) is 4.74. The number of carbonyl (C=O) groups excluding carboxylic acids is 1. The van der Waals surface area contributed by atoms with Crippen LogP contribution in [0.1, 0.15) is 19.3 Å². The van der Waals surface area contributed by atoms with E-state index in [1.807, 2.05) is 0 Å². The van der Waals surface area contributed by atoms with Gasteiger partial charge in [0.1, 0.15) is 0 Å². The minimum absolute atomic E-state index is 0.0183. The summed E-state index contributed by atoms with van der Waals surface area (Å²) in [6.07, 6.45) is 3.42. The lowest BCUT2D eigenvalue weighted by Gasteiger charge is -2.26. The van der Waals surface area contributed by atoms with Crippen molar-refractivity contribution in [2.75, 3.05) is 20.3 Å². The number of hydrogen-bond acceptors (Lipinski definition) is 4. The van der Waals surface area contributed by atoms with E-state index in [-0.39, 0.29) is 17.9 Å². The second kappa shape index (κ2) is 5.12. The maximum Gasteiger partial charge on any atom is 0.248 e. The predicted molar refractivity (Wildman–Crippen MR) is 58.3 cm³/mol. The lowest BCUT2D eigenvalue weighted by Crippen LogP contribution is -2.45. The van der Waals surface area contributed by atoms with Crippen molar-refractivity contribution < 1.29 is 14.4 Å². The molecule has 3 N–H and O–H groups in total. The van der Waals surface area contributed by atoms with Gasteiger partial charge < -0.3 is 10.5 Å². The summed E-state index contributed by atoms with van der Waals surface area (Å²) >= 11 is 0. The largest absolute Gasteiger partial charge is 0.382 e. The molecule has 0 aliphatic heterocycles. The lowest BCUT2D eigenvalue weighted by molar-refractivity contribution is -0.141. The number of hydrogen-bond donors (Lipinski definition) is 2. The number of ether oxygens (including phenoxy) is 1. The van der Waals surface area contributed by atoms with E-state index in [1.54, 1.807) is 7.11 Å². The summed E-state index contributed by atoms with van der Waals surface area (Å²) in [5.74, 6) is 0.892. The van der Waals surface area contributed by atoms with E-state index >= 15 is 0 Å². The molecule has 2 aliphatic carbocycles. The Hall–Kier alpha value is -0.650. The first-order chi connectivity index (χ1) is 7.74. The van der Waals surface area contributed by atoms with Gasteiger partial charge in [0.25, 0.3) is 0 Å². The molecule has 4 atom stereocenters. The third kappa shape index (κ3) is 2.21. The van der Waals surface area contributed by atoms with Crippen molar-refractivity contribution in [3.8, 4) is 0 Å². The maximum absolute atomic E-state index is 11.9. The third-order valence-corrected chi connectivity index (χ3v) is 3.85. The Labute approximate surface area is 95.6 Å². The first kappa shape index (κ1) is 11.8. The van der Waals surface area contributed by atoms with Gasteiger partial charge in [-0.15, -0.1) is 0 Å². The van der Waals surface area contributed by atoms with Gasteiger partial charge in [-0.2, -0.15) is 0 Å². The van der Waals surface area contributed by atoms with E-state index in [9.17, 15) is 4.79 Å². The standard InChI is InChI=1S/C11H20N2O3/c1-15-4-5-16-13-11(14)9-7-2-3-8(6-7)10(9)12/h7-10H,2-6,12H2,1H3,(H,13,14). The summed E-state index contributed by atoms with van der Waals surface area (Å²) in [5.41, 5.74) is 8.53. The van der Waals surface area contributed by atoms with Gasteiger partial charge in [-0.3, -0.25) is 9.63 Å². The monoisotopic (exact) mass is 228 g/mol. The molecule has 2 fully saturated rings. The van der Waals surface area contributed by atoms with Crippen LogP contribution >= 0.6 is 0 Å². The van der Waals surface area contributed by atoms with Crippen LogP contribution in [0.3, 0.4) is 0 Å². The molecule has 92 valence electrons. The van der Waals surface area contributed by atoms with Gasteiger partial charge in [0.15, 0.2) is 0 Å². The van der Waals surface area contributed by atoms with Crippen molar-refractivity contribution in [2.45, 2.75) is 25.3 Å². The fraction of sp³-hybridized carbons (Fsp3) is 0.909. The van der Waals surface area contributed by atoms with Crippen LogP contribution in [-0.2, 0) is 14.4 Å². The Morgan fingerprint density at radius 2 is 2.12 bits per heavy atom. The fourth-order valence-corrected chi connectivity index (χ4v) is 3.04. The molecule has 5 nitrogen and oxygen atoms in total. The first-order valence-corrected chi connectivity index (χ1v) is 5.90. The normalized spacial score (nSPS) is 36.6. The Bertz CT molecular complexity index is 258. The number of carbonyl (C=O) groups is 1. The molecule has 4 unspecified atom stereocenters. The van der Waals surface area contributed by atoms with Crippen molar-refractivity contribution in [3.63, 3.8) is 0 Å². The summed E-state index contributed by atoms with van der Waals surface area (Å²) < 4.78 is 4.82. The quantitative estimate of drug-likeness (QED) is 0.515. The number of nitrogens with one attached hydrogen (secondary N) is 1. The number of rotatable bonds is 5. The molecule has 0 aromatic heterocycles. The highest BCUT2D eigenvalue weighted by Gasteiger charge is 2.49. The summed E-state index contributed by atoms with van der Waals surface area (Å²) in [7, 11) is 1.59. The van der Waals surface area contributed by atoms with E-state index in [0.29, 0.717) is 25.0 Å². The zero-order valence-electron chi connectivity index (χ0n) is 9.65. The van der Waals surface area contributed by atoms with Gasteiger partial charge in [-0.25, -0.2) is 5.48 Å². The summed E-state index contributed by atoms with van der Waals surface area (Å²) in [4.78, 5) is 16.9. The molecule has 0 aromatic rings. The number of fused-ring (bicyclic) bond motifs is 2. The van der Waals surface area contributed by atoms with Gasteiger partial charge in [0.05, 0.1) is 19.1 Å². The van der Waals surface area contributed by atoms with Gasteiger partial charge >= 0.3 is 0 Å². The maximum atomic E-state index is 11.9. The van der Waals surface area contributed by atoms with Gasteiger partial charge in [-0.05, 0) is 31.1 Å². The van der Waals surface area contributed by atoms with Crippen molar-refractivity contribution in [1.29, 1.82) is 0 Å². The van der Waals surface area contributed by atoms with Gasteiger partial charge in [0.2, 0.25) is 5.91 Å². The molecule has 2 saturated carbocycles. The Morgan fingerprint density at radius 3 is 2.75 bits per heavy atom. The summed E-state index contributed by atoms with van der Waals surface area (Å²) in [5, 5.41) is 0. The average molecular weight is 228 g/mol. The number of methoxy groups -OCH3 is 1. The highest BCUT2D eigenvalue weighted by molar-refractivity contribution is 5.79. The molecular formula is C11H20N2O3. The molecule has 0 heterocycles. The van der Waals surface area contributed by atoms with Crippen LogP contribution in [0.5, 0.6) is 0 Å². The van der Waals surface area contributed by atoms with Gasteiger partial charge in [-0.1, -0.05) is 0 Å². The molecular weight excluding hydrogens is 208 g/mol. The highest BCUT2D eigenvalue weighted by Crippen LogP contribution is 2.47. The predicted octanol–water partition coefficient (Wildman–Crippen LogP) is 0.0540. The molecule has 5 heteroatoms. The number of hydroxylamine groups is 1. The van der Waals surface area contributed by atoms with E-state index in [2.05, 4.69) is 5.48 Å². The molecule has 2 bridgehead atoms. The number of amides is 1. The summed E-state index contributed by atoms with van der Waals surface area (Å²) in [6, 6.07) is 0.0183. The summed E-state index contributed by atoms with van der Waals surface area (Å²) in [6.45, 7) is 0.849. The topological polar surface area (TPSA) is 73.6 Å². The van der Waals surface area contributed by atoms with Crippen LogP contribution in [-0.4, -0.2) is 32.3 Å². The van der Waals surface area contributed by atoms with Crippen molar-refractivity contribution >= 4 is 5.91 Å². The van der Waals surface area contributed by atoms with Crippen molar-refractivity contribution in [3.05, 3.63) is 0 Å². The van der Waals surface area contributed by atoms with Crippen LogP contribution in [0.15, 0.2) is 0 Å². The minimum Gasteiger partial charge on any atom is -0.382 e. The zero-order valence-corrected chi connectivity index (χ0v) is 9.65. The SMILES string of the molecule is COCCONC(=O)C1C2CCC(C2)C1N. The molecule has 0 aromatic carbocycles. The molecule has 2 rings (SSSR count). The third-order valence-electron chi connectivity index (χ3n) is 3.85. The first-order valence-electron chi connectivity index (χ1n) is 5.90. The smallest absolute Gasteiger partial charge is 0.248 e. The van der Waals surface area contributed by atoms with Crippen molar-refractivity contribution in [2.24, 2.45) is 23.5 Å². The van der Waals surface area contributed by atoms with E-state index < -0.39 is 0 Å². The Morgan fingerprint density at radius 1 is 1.38 bits per heavy atom. The van der Waals surface area contributed by atoms with E-state index in [0.717, 1.165) is 12.8 Å². The molecule has 1 amide bonds. The molecule has 2 aliphatic rings. The van der Waals surface area contributed by atoms with Crippen molar-refractivity contribution in [1.82, 2.24) is 5.48 Å². The molecule has 0 spiro atoms. The average Bonchev–Trinajstić information content (AvgIpc) is 2.84. The Kier molecular flexibility index (Phi) is 3.78. The van der Waals surface area contributed by atoms with E-state index in [1.165, 1.54) is 6.42 Å². The number of nitrogens with two attached hydrogens (primary N) is 1. The van der Waals surface area contributed by atoms with Crippen LogP contribution < -0.4 is 11.2 Å². The van der Waals surface area contributed by atoms with Crippen LogP contribution in [0, 0.1) is 17.8 Å². The molecule has 0 radical (unpaired) electrons. The lowest BCUT2D eigenvalue weighted by atomic mass is 9.84. The fourth-order valence-electron chi connectivity index (χ4n) is 3.04. The van der Waals surface area contributed by atoms with E-state index in [4.69, 9.17) is 15.3 Å². The van der Waals surface area contributed by atoms with Gasteiger partial charge in [0, 0.05) is 13.2 Å². The zero-order chi connectivity index (χ0) is 11.5. The second-order valence-electron chi connectivity index (χ2n) is 4.74. The van der Waals surface area contributed by atoms with Crippen LogP contribution in [0.25, 0.3) is 0 Å². The minimum atomic E-state index is -0.0594. The Balaban J connectivity index is 1.77.